The van der Waals surface area contributed by atoms with E-state index in [2.05, 4.69) is 42.8 Å². The molecule has 1 N–H and O–H groups in total. The van der Waals surface area contributed by atoms with Gasteiger partial charge < -0.3 is 24.9 Å². The van der Waals surface area contributed by atoms with Crippen LogP contribution in [0.15, 0.2) is 11.6 Å². The second kappa shape index (κ2) is 17.6. The lowest BCUT2D eigenvalue weighted by atomic mass is 9.84. The van der Waals surface area contributed by atoms with Crippen molar-refractivity contribution >= 4 is 23.6 Å². The maximum Gasteiger partial charge on any atom is 0.249 e. The average Bonchev–Trinajstić information content (AvgIpc) is 3.50. The van der Waals surface area contributed by atoms with Gasteiger partial charge in [-0.25, -0.2) is 0 Å². The number of rotatable bonds is 14. The number of amides is 4. The third kappa shape index (κ3) is 10.3. The lowest BCUT2D eigenvalue weighted by molar-refractivity contribution is -0.142. The predicted octanol–water partition coefficient (Wildman–Crippen LogP) is 4.00. The normalized spacial score (nSPS) is 21.1. The SMILES string of the molecule is CCN(CC)CCN(C)C(=O)[C@@H]1CCCN1C(=O)/C(C)=C/[C@H](C(C)C)N(C)C(=O)[C@@H](NC(=O)C1CCCCN1C(C)C)C(C)(C)C. The number of piperidine rings is 1. The Balaban J connectivity index is 2.23. The Morgan fingerprint density at radius 1 is 0.891 bits per heavy atom. The van der Waals surface area contributed by atoms with Crippen LogP contribution in [0.2, 0.25) is 0 Å². The van der Waals surface area contributed by atoms with Crippen molar-refractivity contribution in [3.05, 3.63) is 11.6 Å². The molecule has 2 rings (SSSR count). The number of hydrogen-bond acceptors (Lipinski definition) is 6. The minimum atomic E-state index is -0.723. The highest BCUT2D eigenvalue weighted by Crippen LogP contribution is 2.27. The summed E-state index contributed by atoms with van der Waals surface area (Å²) in [6.45, 7) is 24.9. The molecule has 0 aromatic heterocycles. The summed E-state index contributed by atoms with van der Waals surface area (Å²) in [7, 11) is 3.59. The zero-order valence-corrected chi connectivity index (χ0v) is 31.2. The molecular formula is C36H66N6O4. The van der Waals surface area contributed by atoms with Crippen molar-refractivity contribution in [2.24, 2.45) is 11.3 Å². The topological polar surface area (TPSA) is 96.5 Å². The molecule has 0 spiro atoms. The molecule has 0 bridgehead atoms. The van der Waals surface area contributed by atoms with E-state index in [9.17, 15) is 19.2 Å². The largest absolute Gasteiger partial charge is 0.343 e. The Kier molecular flexibility index (Phi) is 15.2. The molecule has 2 fully saturated rings. The summed E-state index contributed by atoms with van der Waals surface area (Å²) in [5, 5.41) is 3.15. The van der Waals surface area contributed by atoms with E-state index in [0.29, 0.717) is 25.1 Å². The van der Waals surface area contributed by atoms with E-state index < -0.39 is 17.5 Å². The lowest BCUT2D eigenvalue weighted by Crippen LogP contribution is -2.60. The smallest absolute Gasteiger partial charge is 0.249 e. The van der Waals surface area contributed by atoms with Crippen molar-refractivity contribution in [1.29, 1.82) is 0 Å². The van der Waals surface area contributed by atoms with Crippen LogP contribution in [-0.4, -0.2) is 132 Å². The molecule has 2 heterocycles. The van der Waals surface area contributed by atoms with Gasteiger partial charge in [0.05, 0.1) is 12.1 Å². The van der Waals surface area contributed by atoms with Gasteiger partial charge in [0.25, 0.3) is 0 Å². The fourth-order valence-electron chi connectivity index (χ4n) is 6.86. The molecule has 2 saturated heterocycles. The van der Waals surface area contributed by atoms with Gasteiger partial charge in [-0.2, -0.15) is 0 Å². The van der Waals surface area contributed by atoms with Crippen molar-refractivity contribution in [1.82, 2.24) is 29.8 Å². The van der Waals surface area contributed by atoms with Gasteiger partial charge in [-0.3, -0.25) is 24.1 Å². The molecule has 1 unspecified atom stereocenters. The number of nitrogens with zero attached hydrogens (tertiary/aromatic N) is 5. The third-order valence-corrected chi connectivity index (χ3v) is 9.97. The predicted molar refractivity (Wildman–Crippen MR) is 186 cm³/mol. The minimum Gasteiger partial charge on any atom is -0.343 e. The van der Waals surface area contributed by atoms with Crippen LogP contribution >= 0.6 is 0 Å². The van der Waals surface area contributed by atoms with E-state index >= 15 is 0 Å². The van der Waals surface area contributed by atoms with Crippen molar-refractivity contribution in [3.63, 3.8) is 0 Å². The molecule has 10 heteroatoms. The van der Waals surface area contributed by atoms with E-state index in [-0.39, 0.29) is 47.7 Å². The molecule has 4 amide bonds. The highest BCUT2D eigenvalue weighted by Gasteiger charge is 2.40. The molecule has 0 radical (unpaired) electrons. The molecule has 4 atom stereocenters. The lowest BCUT2D eigenvalue weighted by Gasteiger charge is -2.41. The Morgan fingerprint density at radius 3 is 2.04 bits per heavy atom. The van der Waals surface area contributed by atoms with E-state index in [1.807, 2.05) is 47.7 Å². The maximum atomic E-state index is 14.2. The first kappa shape index (κ1) is 39.7. The Hall–Kier alpha value is -2.46. The third-order valence-electron chi connectivity index (χ3n) is 9.97. The number of carbonyl (C=O) groups excluding carboxylic acids is 4. The quantitative estimate of drug-likeness (QED) is 0.287. The van der Waals surface area contributed by atoms with Crippen molar-refractivity contribution < 1.29 is 19.2 Å². The summed E-state index contributed by atoms with van der Waals surface area (Å²) in [5.74, 6) is -0.426. The fourth-order valence-corrected chi connectivity index (χ4v) is 6.86. The Morgan fingerprint density at radius 2 is 1.50 bits per heavy atom. The van der Waals surface area contributed by atoms with Crippen LogP contribution in [0.4, 0.5) is 0 Å². The van der Waals surface area contributed by atoms with Crippen molar-refractivity contribution in [2.75, 3.05) is 53.4 Å². The molecular weight excluding hydrogens is 580 g/mol. The number of hydrogen-bond donors (Lipinski definition) is 1. The van der Waals surface area contributed by atoms with Crippen LogP contribution in [0.3, 0.4) is 0 Å². The van der Waals surface area contributed by atoms with Crippen LogP contribution in [-0.2, 0) is 19.2 Å². The second-order valence-electron chi connectivity index (χ2n) is 15.1. The van der Waals surface area contributed by atoms with Crippen LogP contribution in [0.25, 0.3) is 0 Å². The summed E-state index contributed by atoms with van der Waals surface area (Å²) >= 11 is 0. The van der Waals surface area contributed by atoms with E-state index in [4.69, 9.17) is 0 Å². The number of nitrogens with one attached hydrogen (secondary N) is 1. The molecule has 0 aromatic rings. The summed E-state index contributed by atoms with van der Waals surface area (Å²) < 4.78 is 0. The Labute approximate surface area is 280 Å². The highest BCUT2D eigenvalue weighted by molar-refractivity contribution is 5.97. The molecule has 0 saturated carbocycles. The van der Waals surface area contributed by atoms with E-state index in [1.165, 1.54) is 0 Å². The molecule has 2 aliphatic rings. The van der Waals surface area contributed by atoms with Gasteiger partial charge in [0.1, 0.15) is 12.1 Å². The Bertz CT molecular complexity index is 1060. The fraction of sp³-hybridized carbons (Fsp3) is 0.833. The van der Waals surface area contributed by atoms with E-state index in [1.54, 1.807) is 28.7 Å². The standard InChI is InChI=1S/C36H66N6O4/c1-13-40(14-2)23-22-38(11)34(45)29-19-17-21-42(29)33(44)27(7)24-30(25(3)4)39(12)35(46)31(36(8,9)10)37-32(43)28-18-15-16-20-41(28)26(5)6/h24-26,28-31H,13-23H2,1-12H3,(H,37,43)/b27-24+/t28?,29-,30+,31+/m0/s1. The minimum absolute atomic E-state index is 0.0173. The van der Waals surface area contributed by atoms with Gasteiger partial charge in [0.2, 0.25) is 23.6 Å². The first-order valence-electron chi connectivity index (χ1n) is 17.8. The molecule has 0 aromatic carbocycles. The second-order valence-corrected chi connectivity index (χ2v) is 15.1. The van der Waals surface area contributed by atoms with Crippen molar-refractivity contribution in [2.45, 2.75) is 132 Å². The van der Waals surface area contributed by atoms with Crippen LogP contribution in [0, 0.1) is 11.3 Å². The maximum absolute atomic E-state index is 14.2. The van der Waals surface area contributed by atoms with E-state index in [0.717, 1.165) is 51.9 Å². The number of carbonyl (C=O) groups is 4. The molecule has 0 aliphatic carbocycles. The zero-order chi connectivity index (χ0) is 34.9. The van der Waals surface area contributed by atoms with Gasteiger partial charge in [-0.05, 0) is 77.4 Å². The molecule has 46 heavy (non-hydrogen) atoms. The monoisotopic (exact) mass is 647 g/mol. The van der Waals surface area contributed by atoms with Gasteiger partial charge >= 0.3 is 0 Å². The zero-order valence-electron chi connectivity index (χ0n) is 31.2. The number of likely N-dealkylation sites (tertiary alicyclic amines) is 2. The first-order chi connectivity index (χ1) is 21.5. The number of likely N-dealkylation sites (N-methyl/N-ethyl adjacent to an activating group) is 3. The van der Waals surface area contributed by atoms with Crippen LogP contribution in [0.5, 0.6) is 0 Å². The van der Waals surface area contributed by atoms with Gasteiger partial charge in [-0.15, -0.1) is 0 Å². The molecule has 2 aliphatic heterocycles. The highest BCUT2D eigenvalue weighted by atomic mass is 16.2. The van der Waals surface area contributed by atoms with Crippen LogP contribution < -0.4 is 5.32 Å². The average molecular weight is 647 g/mol. The molecule has 10 nitrogen and oxygen atoms in total. The van der Waals surface area contributed by atoms with Gasteiger partial charge in [0.15, 0.2) is 0 Å². The summed E-state index contributed by atoms with van der Waals surface area (Å²) in [6, 6.07) is -1.56. The molecule has 264 valence electrons. The summed E-state index contributed by atoms with van der Waals surface area (Å²) in [5.41, 5.74) is 0.00416. The summed E-state index contributed by atoms with van der Waals surface area (Å²) in [4.78, 5) is 64.7. The summed E-state index contributed by atoms with van der Waals surface area (Å²) in [6.07, 6.45) is 6.17. The first-order valence-corrected chi connectivity index (χ1v) is 17.8. The van der Waals surface area contributed by atoms with Crippen molar-refractivity contribution in [3.8, 4) is 0 Å². The van der Waals surface area contributed by atoms with Crippen LogP contribution in [0.1, 0.15) is 101 Å². The van der Waals surface area contributed by atoms with Gasteiger partial charge in [-0.1, -0.05) is 61.0 Å². The van der Waals surface area contributed by atoms with Gasteiger partial charge in [0, 0.05) is 45.3 Å².